The summed E-state index contributed by atoms with van der Waals surface area (Å²) < 4.78 is 41.2. The minimum atomic E-state index is -4.73. The van der Waals surface area contributed by atoms with E-state index in [-0.39, 0.29) is 23.5 Å². The zero-order chi connectivity index (χ0) is 16.2. The van der Waals surface area contributed by atoms with E-state index >= 15 is 0 Å². The Kier molecular flexibility index (Phi) is 5.28. The van der Waals surface area contributed by atoms with Crippen LogP contribution in [0.4, 0.5) is 13.2 Å². The van der Waals surface area contributed by atoms with Gasteiger partial charge in [0.25, 0.3) is 0 Å². The van der Waals surface area contributed by atoms with Crippen molar-refractivity contribution in [3.05, 3.63) is 29.8 Å². The van der Waals surface area contributed by atoms with Crippen LogP contribution in [0.3, 0.4) is 0 Å². The molecule has 1 aromatic carbocycles. The van der Waals surface area contributed by atoms with Crippen LogP contribution in [0.1, 0.15) is 30.7 Å². The van der Waals surface area contributed by atoms with Crippen LogP contribution in [0, 0.1) is 5.92 Å². The predicted molar refractivity (Wildman–Crippen MR) is 75.3 cm³/mol. The summed E-state index contributed by atoms with van der Waals surface area (Å²) in [5.74, 6) is -0.841. The maximum atomic E-state index is 12.4. The van der Waals surface area contributed by atoms with E-state index in [0.29, 0.717) is 25.1 Å². The number of carbonyl (C=O) groups is 1. The molecule has 4 nitrogen and oxygen atoms in total. The number of benzene rings is 1. The molecule has 1 saturated carbocycles. The number of alkyl halides is 3. The molecule has 0 spiro atoms. The number of hydrogen-bond acceptors (Lipinski definition) is 3. The van der Waals surface area contributed by atoms with Crippen molar-refractivity contribution in [3.63, 3.8) is 0 Å². The molecule has 3 N–H and O–H groups in total. The summed E-state index contributed by atoms with van der Waals surface area (Å²) in [7, 11) is 0. The average Bonchev–Trinajstić information content (AvgIpc) is 3.22. The van der Waals surface area contributed by atoms with Crippen LogP contribution in [0.25, 0.3) is 0 Å². The van der Waals surface area contributed by atoms with Gasteiger partial charge in [-0.3, -0.25) is 4.79 Å². The Morgan fingerprint density at radius 2 is 2.05 bits per heavy atom. The van der Waals surface area contributed by atoms with Gasteiger partial charge in [-0.1, -0.05) is 18.2 Å². The molecule has 2 unspecified atom stereocenters. The van der Waals surface area contributed by atoms with Gasteiger partial charge in [-0.15, -0.1) is 13.2 Å². The SMILES string of the molecule is NCCCCNC(=O)C1CC1c1ccccc1OC(F)(F)F. The van der Waals surface area contributed by atoms with Gasteiger partial charge in [0.05, 0.1) is 0 Å². The van der Waals surface area contributed by atoms with Crippen molar-refractivity contribution < 1.29 is 22.7 Å². The molecule has 1 amide bonds. The molecule has 2 atom stereocenters. The maximum Gasteiger partial charge on any atom is 0.573 e. The molecule has 122 valence electrons. The lowest BCUT2D eigenvalue weighted by atomic mass is 10.1. The van der Waals surface area contributed by atoms with E-state index in [1.807, 2.05) is 0 Å². The molecule has 2 rings (SSSR count). The fourth-order valence-electron chi connectivity index (χ4n) is 2.44. The summed E-state index contributed by atoms with van der Waals surface area (Å²) in [6, 6.07) is 5.98. The van der Waals surface area contributed by atoms with E-state index in [1.54, 1.807) is 12.1 Å². The van der Waals surface area contributed by atoms with E-state index in [0.717, 1.165) is 12.8 Å². The largest absolute Gasteiger partial charge is 0.573 e. The molecule has 0 radical (unpaired) electrons. The summed E-state index contributed by atoms with van der Waals surface area (Å²) in [6.07, 6.45) is -2.56. The zero-order valence-electron chi connectivity index (χ0n) is 12.0. The van der Waals surface area contributed by atoms with Crippen LogP contribution in [0.15, 0.2) is 24.3 Å². The highest BCUT2D eigenvalue weighted by Gasteiger charge is 2.46. The summed E-state index contributed by atoms with van der Waals surface area (Å²) in [5.41, 5.74) is 5.80. The zero-order valence-corrected chi connectivity index (χ0v) is 12.0. The molecule has 0 heterocycles. The van der Waals surface area contributed by atoms with Crippen LogP contribution >= 0.6 is 0 Å². The third-order valence-electron chi connectivity index (χ3n) is 3.60. The van der Waals surface area contributed by atoms with Gasteiger partial charge in [0.15, 0.2) is 0 Å². The molecule has 22 heavy (non-hydrogen) atoms. The molecule has 1 aliphatic carbocycles. The number of nitrogens with one attached hydrogen (secondary N) is 1. The van der Waals surface area contributed by atoms with Gasteiger partial charge in [0.2, 0.25) is 5.91 Å². The van der Waals surface area contributed by atoms with E-state index in [1.165, 1.54) is 12.1 Å². The first-order valence-corrected chi connectivity index (χ1v) is 7.25. The van der Waals surface area contributed by atoms with Gasteiger partial charge in [-0.25, -0.2) is 0 Å². The van der Waals surface area contributed by atoms with Crippen LogP contribution in [0.2, 0.25) is 0 Å². The summed E-state index contributed by atoms with van der Waals surface area (Å²) in [6.45, 7) is 1.12. The number of amides is 1. The highest BCUT2D eigenvalue weighted by atomic mass is 19.4. The van der Waals surface area contributed by atoms with Crippen molar-refractivity contribution in [2.75, 3.05) is 13.1 Å². The Hall–Kier alpha value is -1.76. The molecule has 0 bridgehead atoms. The van der Waals surface area contributed by atoms with Gasteiger partial charge in [0.1, 0.15) is 5.75 Å². The van der Waals surface area contributed by atoms with Gasteiger partial charge in [-0.05, 0) is 43.4 Å². The molecular formula is C15H19F3N2O2. The topological polar surface area (TPSA) is 64.3 Å². The predicted octanol–water partition coefficient (Wildman–Crippen LogP) is 2.54. The van der Waals surface area contributed by atoms with Crippen molar-refractivity contribution >= 4 is 5.91 Å². The highest BCUT2D eigenvalue weighted by molar-refractivity contribution is 5.83. The van der Waals surface area contributed by atoms with E-state index < -0.39 is 6.36 Å². The van der Waals surface area contributed by atoms with Gasteiger partial charge >= 0.3 is 6.36 Å². The number of unbranched alkanes of at least 4 members (excludes halogenated alkanes) is 1. The Morgan fingerprint density at radius 1 is 1.32 bits per heavy atom. The second kappa shape index (κ2) is 7.00. The van der Waals surface area contributed by atoms with Crippen LogP contribution < -0.4 is 15.8 Å². The van der Waals surface area contributed by atoms with Crippen molar-refractivity contribution in [3.8, 4) is 5.75 Å². The van der Waals surface area contributed by atoms with E-state index in [2.05, 4.69) is 10.1 Å². The minimum Gasteiger partial charge on any atom is -0.405 e. The number of ether oxygens (including phenoxy) is 1. The Labute approximate surface area is 126 Å². The molecule has 1 aliphatic rings. The second-order valence-electron chi connectivity index (χ2n) is 5.32. The molecule has 1 fully saturated rings. The lowest BCUT2D eigenvalue weighted by Crippen LogP contribution is -2.26. The highest BCUT2D eigenvalue weighted by Crippen LogP contribution is 2.50. The molecule has 0 aliphatic heterocycles. The summed E-state index contributed by atoms with van der Waals surface area (Å²) in [4.78, 5) is 11.9. The number of halogens is 3. The van der Waals surface area contributed by atoms with Crippen molar-refractivity contribution in [2.24, 2.45) is 11.7 Å². The first-order chi connectivity index (χ1) is 10.4. The van der Waals surface area contributed by atoms with E-state index in [4.69, 9.17) is 5.73 Å². The fraction of sp³-hybridized carbons (Fsp3) is 0.533. The molecule has 0 aromatic heterocycles. The molecule has 7 heteroatoms. The standard InChI is InChI=1S/C15H19F3N2O2/c16-15(17,18)22-13-6-2-1-5-10(13)11-9-12(11)14(21)20-8-4-3-7-19/h1-2,5-6,11-12H,3-4,7-9,19H2,(H,20,21). The number of para-hydroxylation sites is 1. The third kappa shape index (κ3) is 4.62. The fourth-order valence-corrected chi connectivity index (χ4v) is 2.44. The number of carbonyl (C=O) groups excluding carboxylic acids is 1. The minimum absolute atomic E-state index is 0.121. The quantitative estimate of drug-likeness (QED) is 0.760. The lowest BCUT2D eigenvalue weighted by Gasteiger charge is -2.13. The Bertz CT molecular complexity index is 520. The first kappa shape index (κ1) is 16.6. The summed E-state index contributed by atoms with van der Waals surface area (Å²) in [5, 5.41) is 2.79. The Morgan fingerprint density at radius 3 is 2.73 bits per heavy atom. The van der Waals surface area contributed by atoms with E-state index in [9.17, 15) is 18.0 Å². The molecular weight excluding hydrogens is 297 g/mol. The Balaban J connectivity index is 1.93. The normalized spacial score (nSPS) is 20.5. The number of hydrogen-bond donors (Lipinski definition) is 2. The monoisotopic (exact) mass is 316 g/mol. The lowest BCUT2D eigenvalue weighted by molar-refractivity contribution is -0.274. The first-order valence-electron chi connectivity index (χ1n) is 7.25. The van der Waals surface area contributed by atoms with Gasteiger partial charge in [-0.2, -0.15) is 0 Å². The summed E-state index contributed by atoms with van der Waals surface area (Å²) >= 11 is 0. The van der Waals surface area contributed by atoms with Crippen molar-refractivity contribution in [1.29, 1.82) is 0 Å². The molecule has 0 saturated heterocycles. The van der Waals surface area contributed by atoms with Crippen molar-refractivity contribution in [2.45, 2.75) is 31.5 Å². The second-order valence-corrected chi connectivity index (χ2v) is 5.32. The van der Waals surface area contributed by atoms with Crippen molar-refractivity contribution in [1.82, 2.24) is 5.32 Å². The smallest absolute Gasteiger partial charge is 0.405 e. The van der Waals surface area contributed by atoms with Crippen LogP contribution in [-0.2, 0) is 4.79 Å². The number of rotatable bonds is 7. The third-order valence-corrected chi connectivity index (χ3v) is 3.60. The maximum absolute atomic E-state index is 12.4. The molecule has 1 aromatic rings. The average molecular weight is 316 g/mol. The van der Waals surface area contributed by atoms with Crippen LogP contribution in [0.5, 0.6) is 5.75 Å². The van der Waals surface area contributed by atoms with Crippen LogP contribution in [-0.4, -0.2) is 25.4 Å². The van der Waals surface area contributed by atoms with Gasteiger partial charge < -0.3 is 15.8 Å². The number of nitrogens with two attached hydrogens (primary N) is 1. The van der Waals surface area contributed by atoms with Gasteiger partial charge in [0, 0.05) is 12.5 Å².